The maximum absolute atomic E-state index is 5.30. The van der Waals surface area contributed by atoms with Gasteiger partial charge in [-0.3, -0.25) is 4.99 Å². The Kier molecular flexibility index (Phi) is 9.37. The first-order valence-corrected chi connectivity index (χ1v) is 7.99. The Morgan fingerprint density at radius 3 is 2.57 bits per heavy atom. The summed E-state index contributed by atoms with van der Waals surface area (Å²) in [6.45, 7) is 9.67. The smallest absolute Gasteiger partial charge is 0.190 e. The molecule has 0 atom stereocenters. The zero-order valence-corrected chi connectivity index (χ0v) is 13.7. The van der Waals surface area contributed by atoms with Crippen LogP contribution in [0.2, 0.25) is 0 Å². The molecule has 0 radical (unpaired) electrons. The summed E-state index contributed by atoms with van der Waals surface area (Å²) in [5.41, 5.74) is 0. The molecule has 5 nitrogen and oxygen atoms in total. The Balaban J connectivity index is 2.06. The van der Waals surface area contributed by atoms with Crippen molar-refractivity contribution in [3.63, 3.8) is 0 Å². The van der Waals surface area contributed by atoms with Gasteiger partial charge >= 0.3 is 0 Å². The fourth-order valence-electron chi connectivity index (χ4n) is 2.19. The summed E-state index contributed by atoms with van der Waals surface area (Å²) < 4.78 is 5.30. The molecular weight excluding hydrogens is 264 g/mol. The van der Waals surface area contributed by atoms with E-state index in [1.54, 1.807) is 13.3 Å². The van der Waals surface area contributed by atoms with Gasteiger partial charge in [-0.15, -0.1) is 0 Å². The van der Waals surface area contributed by atoms with Crippen molar-refractivity contribution in [1.29, 1.82) is 0 Å². The number of aliphatic imine (C=N–C) groups is 1. The third-order valence-corrected chi connectivity index (χ3v) is 3.56. The molecule has 1 aromatic heterocycles. The molecule has 0 spiro atoms. The minimum atomic E-state index is 0.826. The number of furan rings is 1. The van der Waals surface area contributed by atoms with Crippen LogP contribution in [0.15, 0.2) is 27.8 Å². The second-order valence-electron chi connectivity index (χ2n) is 4.99. The lowest BCUT2D eigenvalue weighted by molar-refractivity contribution is 0.297. The first kappa shape index (κ1) is 17.6. The molecule has 1 heterocycles. The van der Waals surface area contributed by atoms with Crippen molar-refractivity contribution in [2.75, 3.05) is 39.8 Å². The van der Waals surface area contributed by atoms with Crippen molar-refractivity contribution in [3.8, 4) is 0 Å². The lowest BCUT2D eigenvalue weighted by atomic mass is 10.3. The van der Waals surface area contributed by atoms with Gasteiger partial charge in [0.15, 0.2) is 5.96 Å². The third kappa shape index (κ3) is 7.75. The molecule has 0 amide bonds. The van der Waals surface area contributed by atoms with Gasteiger partial charge in [0, 0.05) is 26.6 Å². The molecule has 0 unspecified atom stereocenters. The highest BCUT2D eigenvalue weighted by Crippen LogP contribution is 1.99. The van der Waals surface area contributed by atoms with Crippen molar-refractivity contribution in [2.45, 2.75) is 33.1 Å². The molecule has 0 saturated heterocycles. The van der Waals surface area contributed by atoms with Crippen LogP contribution in [0.5, 0.6) is 0 Å². The fourth-order valence-corrected chi connectivity index (χ4v) is 2.19. The SMILES string of the molecule is CCN(CC)CCCCNC(=NC)NCCc1ccco1. The van der Waals surface area contributed by atoms with E-state index in [4.69, 9.17) is 4.42 Å². The molecule has 0 aromatic carbocycles. The van der Waals surface area contributed by atoms with Gasteiger partial charge in [0.2, 0.25) is 0 Å². The first-order chi connectivity index (χ1) is 10.3. The van der Waals surface area contributed by atoms with E-state index in [2.05, 4.69) is 34.4 Å². The molecule has 1 aromatic rings. The van der Waals surface area contributed by atoms with E-state index in [1.165, 1.54) is 13.0 Å². The highest BCUT2D eigenvalue weighted by molar-refractivity contribution is 5.79. The molecule has 0 bridgehead atoms. The summed E-state index contributed by atoms with van der Waals surface area (Å²) in [6.07, 6.45) is 4.96. The normalized spacial score (nSPS) is 11.9. The summed E-state index contributed by atoms with van der Waals surface area (Å²) in [6, 6.07) is 3.91. The van der Waals surface area contributed by atoms with Crippen molar-refractivity contribution >= 4 is 5.96 Å². The van der Waals surface area contributed by atoms with E-state index in [9.17, 15) is 0 Å². The molecule has 0 aliphatic carbocycles. The summed E-state index contributed by atoms with van der Waals surface area (Å²) in [5.74, 6) is 1.86. The van der Waals surface area contributed by atoms with Crippen LogP contribution in [0.3, 0.4) is 0 Å². The van der Waals surface area contributed by atoms with Gasteiger partial charge in [0.1, 0.15) is 5.76 Å². The Bertz CT molecular complexity index is 372. The van der Waals surface area contributed by atoms with Crippen LogP contribution in [0, 0.1) is 0 Å². The Morgan fingerprint density at radius 2 is 1.95 bits per heavy atom. The Labute approximate surface area is 128 Å². The maximum Gasteiger partial charge on any atom is 0.190 e. The number of hydrogen-bond acceptors (Lipinski definition) is 3. The topological polar surface area (TPSA) is 52.8 Å². The van der Waals surface area contributed by atoms with E-state index >= 15 is 0 Å². The predicted octanol–water partition coefficient (Wildman–Crippen LogP) is 2.11. The molecule has 5 heteroatoms. The molecule has 21 heavy (non-hydrogen) atoms. The lowest BCUT2D eigenvalue weighted by Crippen LogP contribution is -2.38. The van der Waals surface area contributed by atoms with Crippen LogP contribution in [0.1, 0.15) is 32.4 Å². The third-order valence-electron chi connectivity index (χ3n) is 3.56. The van der Waals surface area contributed by atoms with Gasteiger partial charge in [0.05, 0.1) is 6.26 Å². The lowest BCUT2D eigenvalue weighted by Gasteiger charge is -2.18. The molecule has 0 fully saturated rings. The van der Waals surface area contributed by atoms with Crippen LogP contribution in [-0.4, -0.2) is 50.6 Å². The monoisotopic (exact) mass is 294 g/mol. The molecule has 1 rings (SSSR count). The minimum absolute atomic E-state index is 0.826. The Hall–Kier alpha value is -1.49. The summed E-state index contributed by atoms with van der Waals surface area (Å²) in [7, 11) is 1.80. The van der Waals surface area contributed by atoms with E-state index in [-0.39, 0.29) is 0 Å². The molecular formula is C16H30N4O. The number of nitrogens with one attached hydrogen (secondary N) is 2. The number of nitrogens with zero attached hydrogens (tertiary/aromatic N) is 2. The molecule has 0 aliphatic rings. The van der Waals surface area contributed by atoms with Gasteiger partial charge in [-0.2, -0.15) is 0 Å². The zero-order chi connectivity index (χ0) is 15.3. The van der Waals surface area contributed by atoms with Gasteiger partial charge in [0.25, 0.3) is 0 Å². The van der Waals surface area contributed by atoms with E-state index in [1.807, 2.05) is 12.1 Å². The van der Waals surface area contributed by atoms with Gasteiger partial charge in [-0.1, -0.05) is 13.8 Å². The number of rotatable bonds is 10. The van der Waals surface area contributed by atoms with Gasteiger partial charge < -0.3 is 20.0 Å². The minimum Gasteiger partial charge on any atom is -0.469 e. The average Bonchev–Trinajstić information content (AvgIpc) is 3.02. The van der Waals surface area contributed by atoms with Crippen molar-refractivity contribution in [2.24, 2.45) is 4.99 Å². The van der Waals surface area contributed by atoms with Crippen molar-refractivity contribution < 1.29 is 4.42 Å². The average molecular weight is 294 g/mol. The molecule has 120 valence electrons. The second kappa shape index (κ2) is 11.2. The first-order valence-electron chi connectivity index (χ1n) is 7.99. The van der Waals surface area contributed by atoms with Crippen LogP contribution in [0.4, 0.5) is 0 Å². The Morgan fingerprint density at radius 1 is 1.19 bits per heavy atom. The van der Waals surface area contributed by atoms with Crippen LogP contribution >= 0.6 is 0 Å². The zero-order valence-electron chi connectivity index (χ0n) is 13.7. The van der Waals surface area contributed by atoms with E-state index < -0.39 is 0 Å². The highest BCUT2D eigenvalue weighted by atomic mass is 16.3. The number of guanidine groups is 1. The fraction of sp³-hybridized carbons (Fsp3) is 0.688. The van der Waals surface area contributed by atoms with Crippen molar-refractivity contribution in [1.82, 2.24) is 15.5 Å². The molecule has 2 N–H and O–H groups in total. The van der Waals surface area contributed by atoms with E-state index in [0.717, 1.165) is 50.7 Å². The largest absolute Gasteiger partial charge is 0.469 e. The molecule has 0 saturated carbocycles. The maximum atomic E-state index is 5.30. The highest BCUT2D eigenvalue weighted by Gasteiger charge is 2.00. The van der Waals surface area contributed by atoms with Crippen LogP contribution < -0.4 is 10.6 Å². The summed E-state index contributed by atoms with van der Waals surface area (Å²) in [5, 5.41) is 6.65. The predicted molar refractivity (Wildman–Crippen MR) is 88.8 cm³/mol. The quantitative estimate of drug-likeness (QED) is 0.394. The van der Waals surface area contributed by atoms with Crippen molar-refractivity contribution in [3.05, 3.63) is 24.2 Å². The van der Waals surface area contributed by atoms with E-state index in [0.29, 0.717) is 0 Å². The number of hydrogen-bond donors (Lipinski definition) is 2. The molecule has 0 aliphatic heterocycles. The van der Waals surface area contributed by atoms with Crippen LogP contribution in [0.25, 0.3) is 0 Å². The number of unbranched alkanes of at least 4 members (excludes halogenated alkanes) is 1. The van der Waals surface area contributed by atoms with Gasteiger partial charge in [-0.05, 0) is 44.6 Å². The summed E-state index contributed by atoms with van der Waals surface area (Å²) in [4.78, 5) is 6.68. The summed E-state index contributed by atoms with van der Waals surface area (Å²) >= 11 is 0. The van der Waals surface area contributed by atoms with Gasteiger partial charge in [-0.25, -0.2) is 0 Å². The standard InChI is InChI=1S/C16H30N4O/c1-4-20(5-2)13-7-6-11-18-16(17-3)19-12-10-15-9-8-14-21-15/h8-9,14H,4-7,10-13H2,1-3H3,(H2,17,18,19). The van der Waals surface area contributed by atoms with Crippen LogP contribution in [-0.2, 0) is 6.42 Å². The second-order valence-corrected chi connectivity index (χ2v) is 4.99.